The molecule has 10 heteroatoms. The molecule has 1 aromatic carbocycles. The van der Waals surface area contributed by atoms with Crippen molar-refractivity contribution < 1.29 is 23.5 Å². The SMILES string of the molecule is CC(C=O)Oc1cc(N2C(=O)N(C)C(S)N(C)C2=O)c(F)cc1Cl. The van der Waals surface area contributed by atoms with Gasteiger partial charge in [-0.1, -0.05) is 11.6 Å². The predicted octanol–water partition coefficient (Wildman–Crippen LogP) is 2.58. The van der Waals surface area contributed by atoms with E-state index >= 15 is 0 Å². The number of nitrogens with zero attached hydrogens (tertiary/aromatic N) is 3. The van der Waals surface area contributed by atoms with Gasteiger partial charge in [-0.3, -0.25) is 14.6 Å². The number of anilines is 1. The van der Waals surface area contributed by atoms with Gasteiger partial charge < -0.3 is 4.74 Å². The fourth-order valence-corrected chi connectivity index (χ4v) is 2.46. The highest BCUT2D eigenvalue weighted by Crippen LogP contribution is 2.35. The van der Waals surface area contributed by atoms with Gasteiger partial charge in [0, 0.05) is 20.2 Å². The monoisotopic (exact) mass is 375 g/mol. The van der Waals surface area contributed by atoms with Gasteiger partial charge in [0.1, 0.15) is 11.6 Å². The highest BCUT2D eigenvalue weighted by molar-refractivity contribution is 7.80. The van der Waals surface area contributed by atoms with Crippen LogP contribution in [0.2, 0.25) is 5.02 Å². The van der Waals surface area contributed by atoms with Crippen LogP contribution in [0.1, 0.15) is 6.92 Å². The fraction of sp³-hybridized carbons (Fsp3) is 0.357. The minimum absolute atomic E-state index is 0.0217. The van der Waals surface area contributed by atoms with Crippen molar-refractivity contribution in [1.82, 2.24) is 9.80 Å². The van der Waals surface area contributed by atoms with Crippen molar-refractivity contribution in [3.63, 3.8) is 0 Å². The Hall–Kier alpha value is -2.00. The van der Waals surface area contributed by atoms with Crippen molar-refractivity contribution in [3.8, 4) is 5.75 Å². The fourth-order valence-electron chi connectivity index (χ4n) is 2.07. The summed E-state index contributed by atoms with van der Waals surface area (Å²) in [4.78, 5) is 38.4. The van der Waals surface area contributed by atoms with Crippen molar-refractivity contribution in [2.75, 3.05) is 19.0 Å². The molecule has 0 bridgehead atoms. The Morgan fingerprint density at radius 3 is 2.33 bits per heavy atom. The number of rotatable bonds is 4. The van der Waals surface area contributed by atoms with E-state index in [1.165, 1.54) is 21.0 Å². The number of carbonyl (C=O) groups is 3. The lowest BCUT2D eigenvalue weighted by Gasteiger charge is -2.41. The van der Waals surface area contributed by atoms with E-state index in [9.17, 15) is 18.8 Å². The number of urea groups is 2. The molecule has 1 heterocycles. The third kappa shape index (κ3) is 3.13. The smallest absolute Gasteiger partial charge is 0.334 e. The Balaban J connectivity index is 2.50. The molecule has 1 aliphatic heterocycles. The van der Waals surface area contributed by atoms with Gasteiger partial charge in [0.25, 0.3) is 0 Å². The molecule has 1 aliphatic rings. The largest absolute Gasteiger partial charge is 0.482 e. The lowest BCUT2D eigenvalue weighted by molar-refractivity contribution is -0.113. The summed E-state index contributed by atoms with van der Waals surface area (Å²) in [5.41, 5.74) is -1.11. The van der Waals surface area contributed by atoms with Crippen molar-refractivity contribution in [2.24, 2.45) is 0 Å². The van der Waals surface area contributed by atoms with Gasteiger partial charge >= 0.3 is 12.1 Å². The van der Waals surface area contributed by atoms with E-state index in [0.29, 0.717) is 11.2 Å². The van der Waals surface area contributed by atoms with E-state index in [-0.39, 0.29) is 16.5 Å². The van der Waals surface area contributed by atoms with E-state index in [2.05, 4.69) is 12.6 Å². The Bertz CT molecular complexity index is 683. The molecule has 0 radical (unpaired) electrons. The number of aldehydes is 1. The molecule has 1 fully saturated rings. The molecule has 0 saturated carbocycles. The molecule has 1 aromatic rings. The maximum Gasteiger partial charge on any atom is 0.334 e. The summed E-state index contributed by atoms with van der Waals surface area (Å²) in [6.45, 7) is 1.47. The summed E-state index contributed by atoms with van der Waals surface area (Å²) in [5.74, 6) is -0.904. The number of ether oxygens (including phenoxy) is 1. The van der Waals surface area contributed by atoms with E-state index in [0.717, 1.165) is 21.9 Å². The Kier molecular flexibility index (Phi) is 5.24. The number of halogens is 2. The van der Waals surface area contributed by atoms with E-state index < -0.39 is 29.5 Å². The Labute approximate surface area is 148 Å². The molecule has 1 saturated heterocycles. The maximum absolute atomic E-state index is 14.3. The second-order valence-electron chi connectivity index (χ2n) is 5.16. The summed E-state index contributed by atoms with van der Waals surface area (Å²) in [6.07, 6.45) is -0.301. The first-order chi connectivity index (χ1) is 11.2. The second-order valence-corrected chi connectivity index (χ2v) is 6.03. The highest BCUT2D eigenvalue weighted by Gasteiger charge is 2.41. The van der Waals surface area contributed by atoms with Gasteiger partial charge in [0.15, 0.2) is 17.9 Å². The van der Waals surface area contributed by atoms with Crippen molar-refractivity contribution >= 4 is 48.3 Å². The van der Waals surface area contributed by atoms with Gasteiger partial charge in [0.2, 0.25) is 0 Å². The van der Waals surface area contributed by atoms with E-state index in [1.54, 1.807) is 0 Å². The number of benzene rings is 1. The van der Waals surface area contributed by atoms with Crippen LogP contribution in [0.25, 0.3) is 0 Å². The topological polar surface area (TPSA) is 70.2 Å². The number of amides is 4. The number of imide groups is 1. The van der Waals surface area contributed by atoms with Crippen LogP contribution in [0.3, 0.4) is 0 Å². The van der Waals surface area contributed by atoms with Crippen molar-refractivity contribution in [2.45, 2.75) is 18.5 Å². The maximum atomic E-state index is 14.3. The van der Waals surface area contributed by atoms with Crippen LogP contribution >= 0.6 is 24.2 Å². The minimum Gasteiger partial charge on any atom is -0.482 e. The number of carbonyl (C=O) groups excluding carboxylic acids is 3. The average molecular weight is 376 g/mol. The summed E-state index contributed by atoms with van der Waals surface area (Å²) in [7, 11) is 2.85. The minimum atomic E-state index is -0.882. The van der Waals surface area contributed by atoms with Crippen LogP contribution in [-0.4, -0.2) is 53.8 Å². The lowest BCUT2D eigenvalue weighted by atomic mass is 10.2. The molecule has 7 nitrogen and oxygen atoms in total. The number of hydrogen-bond acceptors (Lipinski definition) is 5. The molecule has 130 valence electrons. The molecular weight excluding hydrogens is 361 g/mol. The quantitative estimate of drug-likeness (QED) is 0.648. The normalized spacial score (nSPS) is 17.3. The zero-order valence-corrected chi connectivity index (χ0v) is 14.7. The molecule has 24 heavy (non-hydrogen) atoms. The molecule has 0 aliphatic carbocycles. The second kappa shape index (κ2) is 6.86. The summed E-state index contributed by atoms with van der Waals surface area (Å²) in [5, 5.41) is -0.0874. The third-order valence-electron chi connectivity index (χ3n) is 3.43. The first-order valence-corrected chi connectivity index (χ1v) is 7.71. The summed E-state index contributed by atoms with van der Waals surface area (Å²) < 4.78 is 19.6. The third-order valence-corrected chi connectivity index (χ3v) is 4.41. The van der Waals surface area contributed by atoms with Gasteiger partial charge in [-0.25, -0.2) is 18.9 Å². The van der Waals surface area contributed by atoms with Gasteiger partial charge in [0.05, 0.1) is 10.7 Å². The van der Waals surface area contributed by atoms with Crippen LogP contribution in [0.15, 0.2) is 12.1 Å². The van der Waals surface area contributed by atoms with E-state index in [4.69, 9.17) is 16.3 Å². The van der Waals surface area contributed by atoms with Crippen LogP contribution < -0.4 is 9.64 Å². The van der Waals surface area contributed by atoms with Crippen molar-refractivity contribution in [1.29, 1.82) is 0 Å². The Morgan fingerprint density at radius 1 is 1.29 bits per heavy atom. The average Bonchev–Trinajstić information content (AvgIpc) is 2.55. The zero-order chi connectivity index (χ0) is 18.2. The van der Waals surface area contributed by atoms with E-state index in [1.807, 2.05) is 0 Å². The Morgan fingerprint density at radius 2 is 1.83 bits per heavy atom. The number of thiol groups is 1. The van der Waals surface area contributed by atoms with Crippen LogP contribution in [0.5, 0.6) is 5.75 Å². The lowest BCUT2D eigenvalue weighted by Crippen LogP contribution is -2.62. The van der Waals surface area contributed by atoms with Gasteiger partial charge in [-0.15, -0.1) is 12.6 Å². The molecule has 1 atom stereocenters. The summed E-state index contributed by atoms with van der Waals surface area (Å²) >= 11 is 10.0. The van der Waals surface area contributed by atoms with Crippen LogP contribution in [-0.2, 0) is 4.79 Å². The first-order valence-electron chi connectivity index (χ1n) is 6.81. The molecule has 4 amide bonds. The van der Waals surface area contributed by atoms with Crippen LogP contribution in [0.4, 0.5) is 19.7 Å². The molecule has 2 rings (SSSR count). The van der Waals surface area contributed by atoms with Crippen LogP contribution in [0, 0.1) is 5.82 Å². The molecule has 0 spiro atoms. The molecular formula is C14H15ClFN3O4S. The predicted molar refractivity (Wildman–Crippen MR) is 89.1 cm³/mol. The molecule has 0 aromatic heterocycles. The first kappa shape index (κ1) is 18.3. The highest BCUT2D eigenvalue weighted by atomic mass is 35.5. The molecule has 1 unspecified atom stereocenters. The molecule has 0 N–H and O–H groups in total. The standard InChI is InChI=1S/C14H15ClFN3O4S/c1-7(6-20)23-11-5-10(9(16)4-8(11)15)19-12(21)17(2)14(24)18(3)13(19)22/h4-7,14,24H,1-3H3. The van der Waals surface area contributed by atoms with Gasteiger partial charge in [-0.05, 0) is 13.0 Å². The number of hydrogen-bond donors (Lipinski definition) is 1. The zero-order valence-electron chi connectivity index (χ0n) is 13.1. The summed E-state index contributed by atoms with van der Waals surface area (Å²) in [6, 6.07) is 0.507. The van der Waals surface area contributed by atoms with Gasteiger partial charge in [-0.2, -0.15) is 0 Å². The van der Waals surface area contributed by atoms with Crippen molar-refractivity contribution in [3.05, 3.63) is 23.0 Å².